The summed E-state index contributed by atoms with van der Waals surface area (Å²) in [4.78, 5) is 8.78. The average molecular weight is 422 g/mol. The molecule has 31 heavy (non-hydrogen) atoms. The third-order valence-electron chi connectivity index (χ3n) is 7.65. The van der Waals surface area contributed by atoms with Crippen molar-refractivity contribution in [1.82, 2.24) is 9.88 Å². The molecule has 0 saturated carbocycles. The Bertz CT molecular complexity index is 1010. The van der Waals surface area contributed by atoms with Crippen LogP contribution in [0.3, 0.4) is 0 Å². The number of aryl methyl sites for hydroxylation is 1. The molecule has 2 fully saturated rings. The molecule has 0 bridgehead atoms. The van der Waals surface area contributed by atoms with Gasteiger partial charge in [0.15, 0.2) is 0 Å². The van der Waals surface area contributed by atoms with E-state index in [1.165, 1.54) is 40.9 Å². The van der Waals surface area contributed by atoms with Gasteiger partial charge in [0.05, 0.1) is 13.2 Å². The van der Waals surface area contributed by atoms with E-state index in [-0.39, 0.29) is 5.41 Å². The number of benzene rings is 1. The van der Waals surface area contributed by atoms with Crippen LogP contribution in [0.15, 0.2) is 18.2 Å². The van der Waals surface area contributed by atoms with Crippen molar-refractivity contribution in [1.29, 1.82) is 0 Å². The highest BCUT2D eigenvalue weighted by molar-refractivity contribution is 5.58. The minimum Gasteiger partial charge on any atom is -0.379 e. The molecule has 4 rings (SSSR count). The van der Waals surface area contributed by atoms with Crippen LogP contribution in [0, 0.1) is 6.92 Å². The molecule has 4 nitrogen and oxygen atoms in total. The summed E-state index contributed by atoms with van der Waals surface area (Å²) in [6.45, 7) is 23.6. The Balaban J connectivity index is 1.59. The lowest BCUT2D eigenvalue weighted by Crippen LogP contribution is -2.49. The zero-order valence-electron chi connectivity index (χ0n) is 19.9. The lowest BCUT2D eigenvalue weighted by molar-refractivity contribution is 0.0115. The van der Waals surface area contributed by atoms with E-state index in [4.69, 9.17) is 4.74 Å². The van der Waals surface area contributed by atoms with Crippen LogP contribution in [0.5, 0.6) is 0 Å². The molecule has 2 aromatic rings. The first kappa shape index (κ1) is 22.2. The predicted octanol–water partition coefficient (Wildman–Crippen LogP) is 3.33. The first-order chi connectivity index (χ1) is 14.8. The molecule has 2 aliphatic rings. The minimum atomic E-state index is -0.125. The van der Waals surface area contributed by atoms with Crippen LogP contribution in [0.4, 0.5) is 5.69 Å². The van der Waals surface area contributed by atoms with Gasteiger partial charge in [-0.1, -0.05) is 46.1 Å². The molecular weight excluding hydrogens is 382 g/mol. The summed E-state index contributed by atoms with van der Waals surface area (Å²) in [5, 5.41) is 1.95. The molecule has 0 unspecified atom stereocenters. The molecule has 1 aromatic carbocycles. The number of aromatic amines is 1. The highest BCUT2D eigenvalue weighted by Crippen LogP contribution is 2.36. The zero-order valence-corrected chi connectivity index (χ0v) is 19.9. The van der Waals surface area contributed by atoms with Gasteiger partial charge >= 0.3 is 0 Å². The maximum absolute atomic E-state index is 5.55. The van der Waals surface area contributed by atoms with Gasteiger partial charge in [0.2, 0.25) is 0 Å². The van der Waals surface area contributed by atoms with Crippen LogP contribution >= 0.6 is 0 Å². The van der Waals surface area contributed by atoms with Gasteiger partial charge in [0, 0.05) is 54.4 Å². The highest BCUT2D eigenvalue weighted by Gasteiger charge is 2.30. The summed E-state index contributed by atoms with van der Waals surface area (Å²) in [5.74, 6) is 0. The zero-order chi connectivity index (χ0) is 22.2. The second-order valence-corrected chi connectivity index (χ2v) is 9.77. The molecule has 0 atom stereocenters. The number of nitrogens with one attached hydrogen (secondary N) is 1. The Kier molecular flexibility index (Phi) is 6.32. The second kappa shape index (κ2) is 8.84. The minimum absolute atomic E-state index is 0.125. The van der Waals surface area contributed by atoms with E-state index >= 15 is 0 Å². The van der Waals surface area contributed by atoms with Gasteiger partial charge in [-0.3, -0.25) is 4.90 Å². The Morgan fingerprint density at radius 3 is 2.35 bits per heavy atom. The Morgan fingerprint density at radius 1 is 1.10 bits per heavy atom. The summed E-state index contributed by atoms with van der Waals surface area (Å²) in [7, 11) is 0. The molecule has 1 aromatic heterocycles. The largest absolute Gasteiger partial charge is 0.379 e. The van der Waals surface area contributed by atoms with Crippen LogP contribution < -0.4 is 15.5 Å². The molecular formula is C27H39N3O. The fourth-order valence-electron chi connectivity index (χ4n) is 5.43. The molecule has 168 valence electrons. The first-order valence-electron chi connectivity index (χ1n) is 11.9. The van der Waals surface area contributed by atoms with Crippen molar-refractivity contribution in [3.8, 4) is 0 Å². The molecule has 0 amide bonds. The monoisotopic (exact) mass is 421 g/mol. The number of rotatable bonds is 5. The van der Waals surface area contributed by atoms with Crippen molar-refractivity contribution in [2.45, 2.75) is 58.4 Å². The van der Waals surface area contributed by atoms with Crippen molar-refractivity contribution in [3.05, 3.63) is 51.2 Å². The van der Waals surface area contributed by atoms with Gasteiger partial charge < -0.3 is 14.6 Å². The lowest BCUT2D eigenvalue weighted by Gasteiger charge is -2.41. The maximum Gasteiger partial charge on any atom is 0.0594 e. The van der Waals surface area contributed by atoms with Crippen molar-refractivity contribution in [3.63, 3.8) is 0 Å². The van der Waals surface area contributed by atoms with E-state index in [2.05, 4.69) is 73.8 Å². The normalized spacial score (nSPS) is 19.2. The summed E-state index contributed by atoms with van der Waals surface area (Å²) < 4.78 is 5.55. The molecule has 2 aliphatic heterocycles. The number of nitrogens with zero attached hydrogens (tertiary/aromatic N) is 2. The summed E-state index contributed by atoms with van der Waals surface area (Å²) in [5.41, 5.74) is 6.54. The number of hydrogen-bond acceptors (Lipinski definition) is 3. The molecule has 0 aliphatic carbocycles. The van der Waals surface area contributed by atoms with E-state index < -0.39 is 0 Å². The number of aromatic nitrogens is 1. The highest BCUT2D eigenvalue weighted by atomic mass is 16.5. The van der Waals surface area contributed by atoms with Crippen molar-refractivity contribution >= 4 is 18.8 Å². The van der Waals surface area contributed by atoms with Crippen LogP contribution in [0.25, 0.3) is 13.2 Å². The maximum atomic E-state index is 5.55. The van der Waals surface area contributed by atoms with E-state index in [1.54, 1.807) is 0 Å². The molecule has 0 radical (unpaired) electrons. The topological polar surface area (TPSA) is 31.5 Å². The van der Waals surface area contributed by atoms with E-state index in [0.29, 0.717) is 6.04 Å². The van der Waals surface area contributed by atoms with Crippen LogP contribution in [0.2, 0.25) is 0 Å². The van der Waals surface area contributed by atoms with Crippen LogP contribution in [0.1, 0.15) is 56.0 Å². The van der Waals surface area contributed by atoms with Gasteiger partial charge in [-0.25, -0.2) is 0 Å². The number of morpholine rings is 1. The Hall–Kier alpha value is -2.04. The molecule has 4 heteroatoms. The molecule has 3 heterocycles. The smallest absolute Gasteiger partial charge is 0.0594 e. The quantitative estimate of drug-likeness (QED) is 0.804. The molecule has 1 N–H and O–H groups in total. The number of H-pyrrole nitrogens is 1. The third kappa shape index (κ3) is 4.20. The van der Waals surface area contributed by atoms with E-state index in [0.717, 1.165) is 56.4 Å². The van der Waals surface area contributed by atoms with Gasteiger partial charge in [0.25, 0.3) is 0 Å². The van der Waals surface area contributed by atoms with Crippen molar-refractivity contribution < 1.29 is 4.74 Å². The standard InChI is InChI=1S/C27H39N3O/c1-7-22-8-9-23(27(5,6)26-20(3)19(2)21(4)28-26)18-25(22)30-12-10-24(11-13-30)29-14-16-31-17-15-29/h8-9,18,24,28H,2,4,7,10-17H2,1,3,5-6H3. The Labute approximate surface area is 187 Å². The van der Waals surface area contributed by atoms with Crippen LogP contribution in [-0.2, 0) is 16.6 Å². The number of hydrogen-bond donors (Lipinski definition) is 1. The summed E-state index contributed by atoms with van der Waals surface area (Å²) >= 11 is 0. The second-order valence-electron chi connectivity index (χ2n) is 9.77. The van der Waals surface area contributed by atoms with E-state index in [1.807, 2.05) is 0 Å². The van der Waals surface area contributed by atoms with Crippen molar-refractivity contribution in [2.24, 2.45) is 0 Å². The Morgan fingerprint density at radius 2 is 1.77 bits per heavy atom. The predicted molar refractivity (Wildman–Crippen MR) is 131 cm³/mol. The number of anilines is 1. The van der Waals surface area contributed by atoms with Crippen LogP contribution in [-0.4, -0.2) is 55.3 Å². The van der Waals surface area contributed by atoms with Gasteiger partial charge in [0.1, 0.15) is 0 Å². The molecule has 2 saturated heterocycles. The van der Waals surface area contributed by atoms with Gasteiger partial charge in [-0.05, 0) is 54.2 Å². The van der Waals surface area contributed by atoms with E-state index in [9.17, 15) is 0 Å². The fraction of sp³-hybridized carbons (Fsp3) is 0.556. The molecule has 0 spiro atoms. The van der Waals surface area contributed by atoms with Gasteiger partial charge in [-0.2, -0.15) is 0 Å². The summed E-state index contributed by atoms with van der Waals surface area (Å²) in [6.07, 6.45) is 3.54. The number of piperidine rings is 1. The van der Waals surface area contributed by atoms with Gasteiger partial charge in [-0.15, -0.1) is 0 Å². The fourth-order valence-corrected chi connectivity index (χ4v) is 5.43. The third-order valence-corrected chi connectivity index (χ3v) is 7.65. The SMILES string of the molecule is C=c1[nH]c(C(C)(C)c2ccc(CC)c(N3CCC(N4CCOCC4)CC3)c2)c(C)c1=C. The number of ether oxygens (including phenoxy) is 1. The lowest BCUT2D eigenvalue weighted by atomic mass is 9.79. The first-order valence-corrected chi connectivity index (χ1v) is 11.9. The van der Waals surface area contributed by atoms with Crippen molar-refractivity contribution in [2.75, 3.05) is 44.3 Å². The average Bonchev–Trinajstić information content (AvgIpc) is 3.07. The summed E-state index contributed by atoms with van der Waals surface area (Å²) in [6, 6.07) is 7.81.